The first-order chi connectivity index (χ1) is 15.9. The topological polar surface area (TPSA) is 126 Å². The van der Waals surface area contributed by atoms with E-state index in [2.05, 4.69) is 20.3 Å². The van der Waals surface area contributed by atoms with Crippen LogP contribution in [0, 0.1) is 0 Å². The van der Waals surface area contributed by atoms with Crippen molar-refractivity contribution in [3.8, 4) is 0 Å². The van der Waals surface area contributed by atoms with Crippen molar-refractivity contribution in [1.29, 1.82) is 0 Å². The van der Waals surface area contributed by atoms with E-state index in [-0.39, 0.29) is 17.0 Å². The highest BCUT2D eigenvalue weighted by molar-refractivity contribution is 7.89. The zero-order chi connectivity index (χ0) is 23.7. The number of anilines is 1. The molecule has 0 saturated heterocycles. The van der Waals surface area contributed by atoms with Crippen LogP contribution >= 0.6 is 0 Å². The van der Waals surface area contributed by atoms with Gasteiger partial charge in [-0.05, 0) is 54.6 Å². The van der Waals surface area contributed by atoms with E-state index >= 15 is 0 Å². The molecule has 1 amide bonds. The number of amides is 1. The van der Waals surface area contributed by atoms with Crippen LogP contribution in [0.2, 0.25) is 0 Å². The number of hydrogen-bond acceptors (Lipinski definition) is 7. The lowest BCUT2D eigenvalue weighted by Gasteiger charge is -2.08. The third-order valence-electron chi connectivity index (χ3n) is 4.24. The average Bonchev–Trinajstić information content (AvgIpc) is 2.83. The number of ether oxygens (including phenoxy) is 1. The van der Waals surface area contributed by atoms with E-state index in [1.54, 1.807) is 31.2 Å². The second-order valence-electron chi connectivity index (χ2n) is 6.74. The molecule has 3 aromatic carbocycles. The summed E-state index contributed by atoms with van der Waals surface area (Å²) in [7, 11) is -3.71. The number of esters is 1. The van der Waals surface area contributed by atoms with Gasteiger partial charge in [-0.3, -0.25) is 4.79 Å². The molecule has 3 aromatic rings. The third kappa shape index (κ3) is 7.06. The van der Waals surface area contributed by atoms with Crippen LogP contribution in [0.25, 0.3) is 0 Å². The summed E-state index contributed by atoms with van der Waals surface area (Å²) in [5.41, 5.74) is 1.85. The molecule has 0 radical (unpaired) electrons. The van der Waals surface area contributed by atoms with Crippen molar-refractivity contribution in [2.75, 3.05) is 18.5 Å². The molecule has 0 heterocycles. The fourth-order valence-electron chi connectivity index (χ4n) is 2.70. The lowest BCUT2D eigenvalue weighted by Crippen LogP contribution is -2.24. The second-order valence-corrected chi connectivity index (χ2v) is 8.50. The van der Waals surface area contributed by atoms with Crippen molar-refractivity contribution in [3.05, 3.63) is 84.4 Å². The van der Waals surface area contributed by atoms with Crippen molar-refractivity contribution in [1.82, 2.24) is 4.72 Å². The Bertz CT molecular complexity index is 1240. The summed E-state index contributed by atoms with van der Waals surface area (Å²) in [6.45, 7) is 1.34. The minimum Gasteiger partial charge on any atom is -0.452 e. The van der Waals surface area contributed by atoms with Gasteiger partial charge in [0.2, 0.25) is 10.0 Å². The van der Waals surface area contributed by atoms with Gasteiger partial charge in [-0.1, -0.05) is 31.2 Å². The molecule has 10 heteroatoms. The molecular formula is C23H22N4O5S. The van der Waals surface area contributed by atoms with Crippen molar-refractivity contribution in [3.63, 3.8) is 0 Å². The molecule has 0 spiro atoms. The summed E-state index contributed by atoms with van der Waals surface area (Å²) in [6.07, 6.45) is 0. The highest BCUT2D eigenvalue weighted by Crippen LogP contribution is 2.20. The van der Waals surface area contributed by atoms with Crippen LogP contribution in [-0.4, -0.2) is 33.4 Å². The Balaban J connectivity index is 1.53. The fourth-order valence-corrected chi connectivity index (χ4v) is 3.78. The molecule has 3 rings (SSSR count). The molecule has 170 valence electrons. The van der Waals surface area contributed by atoms with Crippen LogP contribution in [0.5, 0.6) is 0 Å². The highest BCUT2D eigenvalue weighted by Gasteiger charge is 2.16. The zero-order valence-corrected chi connectivity index (χ0v) is 18.6. The summed E-state index contributed by atoms with van der Waals surface area (Å²) in [5, 5.41) is 10.8. The number of nitrogens with zero attached hydrogens (tertiary/aromatic N) is 2. The molecule has 0 aliphatic heterocycles. The van der Waals surface area contributed by atoms with Crippen LogP contribution in [0.3, 0.4) is 0 Å². The van der Waals surface area contributed by atoms with Crippen molar-refractivity contribution < 1.29 is 22.7 Å². The van der Waals surface area contributed by atoms with E-state index in [9.17, 15) is 18.0 Å². The molecule has 9 nitrogen and oxygen atoms in total. The second kappa shape index (κ2) is 11.1. The normalized spacial score (nSPS) is 11.3. The number of carbonyl (C=O) groups excluding carboxylic acids is 2. The molecule has 0 fully saturated rings. The predicted molar refractivity (Wildman–Crippen MR) is 123 cm³/mol. The molecule has 0 aromatic heterocycles. The Morgan fingerprint density at radius 1 is 0.879 bits per heavy atom. The molecular weight excluding hydrogens is 444 g/mol. The maximum Gasteiger partial charge on any atom is 0.338 e. The van der Waals surface area contributed by atoms with E-state index in [0.29, 0.717) is 11.4 Å². The quantitative estimate of drug-likeness (QED) is 0.361. The smallest absolute Gasteiger partial charge is 0.338 e. The Hall–Kier alpha value is -3.89. The number of sulfonamides is 1. The summed E-state index contributed by atoms with van der Waals surface area (Å²) in [6, 6.07) is 21.3. The number of nitrogens with one attached hydrogen (secondary N) is 2. The highest BCUT2D eigenvalue weighted by atomic mass is 32.2. The van der Waals surface area contributed by atoms with Crippen molar-refractivity contribution >= 4 is 39.0 Å². The van der Waals surface area contributed by atoms with E-state index in [1.807, 2.05) is 30.3 Å². The maximum atomic E-state index is 12.2. The molecule has 0 aliphatic carbocycles. The summed E-state index contributed by atoms with van der Waals surface area (Å²) in [5.74, 6) is -1.35. The van der Waals surface area contributed by atoms with Crippen LogP contribution < -0.4 is 10.0 Å². The van der Waals surface area contributed by atoms with Gasteiger partial charge in [0, 0.05) is 12.2 Å². The van der Waals surface area contributed by atoms with Gasteiger partial charge in [-0.15, -0.1) is 0 Å². The Labute approximate surface area is 191 Å². The van der Waals surface area contributed by atoms with Crippen LogP contribution in [0.1, 0.15) is 17.3 Å². The average molecular weight is 467 g/mol. The molecule has 0 unspecified atom stereocenters. The number of carbonyl (C=O) groups is 2. The molecule has 0 saturated carbocycles. The Kier molecular flexibility index (Phi) is 8.01. The Morgan fingerprint density at radius 3 is 2.21 bits per heavy atom. The third-order valence-corrected chi connectivity index (χ3v) is 5.78. The lowest BCUT2D eigenvalue weighted by molar-refractivity contribution is -0.119. The van der Waals surface area contributed by atoms with E-state index in [1.165, 1.54) is 24.3 Å². The van der Waals surface area contributed by atoms with Gasteiger partial charge in [0.1, 0.15) is 0 Å². The van der Waals surface area contributed by atoms with Crippen LogP contribution in [0.15, 0.2) is 94.0 Å². The molecule has 0 bridgehead atoms. The van der Waals surface area contributed by atoms with Gasteiger partial charge in [0.15, 0.2) is 6.61 Å². The van der Waals surface area contributed by atoms with E-state index in [0.717, 1.165) is 5.69 Å². The van der Waals surface area contributed by atoms with Gasteiger partial charge in [0.25, 0.3) is 5.91 Å². The van der Waals surface area contributed by atoms with Crippen molar-refractivity contribution in [2.45, 2.75) is 11.8 Å². The van der Waals surface area contributed by atoms with Crippen molar-refractivity contribution in [2.24, 2.45) is 10.2 Å². The summed E-state index contributed by atoms with van der Waals surface area (Å²) in [4.78, 5) is 24.3. The number of rotatable bonds is 9. The van der Waals surface area contributed by atoms with Crippen LogP contribution in [-0.2, 0) is 19.6 Å². The summed E-state index contributed by atoms with van der Waals surface area (Å²) >= 11 is 0. The molecule has 0 aliphatic rings. The minimum absolute atomic E-state index is 0.0231. The summed E-state index contributed by atoms with van der Waals surface area (Å²) < 4.78 is 31.5. The maximum absolute atomic E-state index is 12.2. The zero-order valence-electron chi connectivity index (χ0n) is 17.8. The Morgan fingerprint density at radius 2 is 1.55 bits per heavy atom. The standard InChI is InChI=1S/C23H22N4O5S/c1-2-24-33(30,31)21-10-6-7-17(15-21)23(29)32-16-22(28)25-18-11-13-20(14-12-18)27-26-19-8-4-3-5-9-19/h3-15,24H,2,16H2,1H3,(H,25,28). The van der Waals surface area contributed by atoms with Crippen LogP contribution in [0.4, 0.5) is 17.1 Å². The first-order valence-corrected chi connectivity index (χ1v) is 11.5. The predicted octanol–water partition coefficient (Wildman–Crippen LogP) is 4.20. The van der Waals surface area contributed by atoms with Gasteiger partial charge < -0.3 is 10.1 Å². The molecule has 33 heavy (non-hydrogen) atoms. The van der Waals surface area contributed by atoms with Gasteiger partial charge in [0.05, 0.1) is 21.8 Å². The van der Waals surface area contributed by atoms with E-state index < -0.39 is 28.5 Å². The van der Waals surface area contributed by atoms with Gasteiger partial charge in [-0.25, -0.2) is 17.9 Å². The van der Waals surface area contributed by atoms with Gasteiger partial charge >= 0.3 is 5.97 Å². The lowest BCUT2D eigenvalue weighted by atomic mass is 10.2. The minimum atomic E-state index is -3.71. The number of benzene rings is 3. The largest absolute Gasteiger partial charge is 0.452 e. The molecule has 0 atom stereocenters. The SMILES string of the molecule is CCNS(=O)(=O)c1cccc(C(=O)OCC(=O)Nc2ccc(N=Nc3ccccc3)cc2)c1. The first kappa shape index (κ1) is 23.8. The number of hydrogen-bond donors (Lipinski definition) is 2. The monoisotopic (exact) mass is 466 g/mol. The fraction of sp³-hybridized carbons (Fsp3) is 0.130. The number of azo groups is 1. The molecule has 2 N–H and O–H groups in total. The first-order valence-electron chi connectivity index (χ1n) is 10.0. The van der Waals surface area contributed by atoms with Gasteiger partial charge in [-0.2, -0.15) is 10.2 Å². The van der Waals surface area contributed by atoms with E-state index in [4.69, 9.17) is 4.74 Å².